The molecule has 3 heterocycles. The van der Waals surface area contributed by atoms with E-state index in [2.05, 4.69) is 25.9 Å². The summed E-state index contributed by atoms with van der Waals surface area (Å²) < 4.78 is 8.40. The second-order valence-electron chi connectivity index (χ2n) is 7.64. The first-order valence-corrected chi connectivity index (χ1v) is 12.1. The molecule has 0 amide bonds. The quantitative estimate of drug-likeness (QED) is 0.411. The van der Waals surface area contributed by atoms with E-state index in [1.54, 1.807) is 18.4 Å². The molecule has 0 radical (unpaired) electrons. The number of carbonyl (C=O) groups is 1. The average Bonchev–Trinajstić information content (AvgIpc) is 3.35. The first kappa shape index (κ1) is 21.6. The lowest BCUT2D eigenvalue weighted by molar-refractivity contribution is -0.139. The zero-order valence-electron chi connectivity index (χ0n) is 18.0. The highest BCUT2D eigenvalue weighted by molar-refractivity contribution is 9.10. The van der Waals surface area contributed by atoms with Crippen molar-refractivity contribution >= 4 is 50.2 Å². The number of hydrogen-bond acceptors (Lipinski definition) is 5. The number of carbonyl (C=O) groups excluding carboxylic acids is 1. The third kappa shape index (κ3) is 3.79. The molecule has 0 saturated carbocycles. The van der Waals surface area contributed by atoms with Crippen LogP contribution in [0.2, 0.25) is 0 Å². The maximum absolute atomic E-state index is 13.6. The summed E-state index contributed by atoms with van der Waals surface area (Å²) in [7, 11) is 0. The lowest BCUT2D eigenvalue weighted by atomic mass is 9.96. The molecule has 0 spiro atoms. The number of para-hydroxylation sites is 1. The van der Waals surface area contributed by atoms with E-state index in [4.69, 9.17) is 4.74 Å². The molecule has 2 aromatic carbocycles. The number of allylic oxidation sites excluding steroid dienone is 1. The van der Waals surface area contributed by atoms with E-state index in [1.165, 1.54) is 11.3 Å². The molecule has 1 N–H and O–H groups in total. The number of thiazole rings is 1. The van der Waals surface area contributed by atoms with Gasteiger partial charge in [0, 0.05) is 27.1 Å². The van der Waals surface area contributed by atoms with E-state index >= 15 is 0 Å². The van der Waals surface area contributed by atoms with E-state index in [0.29, 0.717) is 20.6 Å². The molecule has 1 aliphatic rings. The molecule has 2 aromatic heterocycles. The minimum atomic E-state index is -0.612. The van der Waals surface area contributed by atoms with E-state index < -0.39 is 12.0 Å². The van der Waals surface area contributed by atoms with Gasteiger partial charge < -0.3 is 9.72 Å². The molecule has 33 heavy (non-hydrogen) atoms. The minimum Gasteiger partial charge on any atom is -0.463 e. The third-order valence-electron chi connectivity index (χ3n) is 5.61. The molecule has 0 bridgehead atoms. The maximum Gasteiger partial charge on any atom is 0.338 e. The maximum atomic E-state index is 13.6. The number of benzene rings is 2. The Morgan fingerprint density at radius 3 is 2.76 bits per heavy atom. The Morgan fingerprint density at radius 2 is 2.00 bits per heavy atom. The first-order valence-electron chi connectivity index (χ1n) is 10.5. The molecule has 5 rings (SSSR count). The highest BCUT2D eigenvalue weighted by Gasteiger charge is 2.33. The van der Waals surface area contributed by atoms with Crippen molar-refractivity contribution in [3.63, 3.8) is 0 Å². The van der Waals surface area contributed by atoms with E-state index in [9.17, 15) is 9.59 Å². The monoisotopic (exact) mass is 521 g/mol. The Balaban J connectivity index is 1.74. The summed E-state index contributed by atoms with van der Waals surface area (Å²) in [6.45, 7) is 3.79. The topological polar surface area (TPSA) is 76.4 Å². The van der Waals surface area contributed by atoms with Gasteiger partial charge in [0.2, 0.25) is 0 Å². The van der Waals surface area contributed by atoms with Crippen LogP contribution in [-0.2, 0) is 9.53 Å². The van der Waals surface area contributed by atoms with Gasteiger partial charge in [0.1, 0.15) is 0 Å². The number of ether oxygens (including phenoxy) is 1. The Kier molecular flexibility index (Phi) is 5.64. The van der Waals surface area contributed by atoms with Crippen LogP contribution < -0.4 is 14.9 Å². The summed E-state index contributed by atoms with van der Waals surface area (Å²) in [5.74, 6) is -0.461. The Bertz CT molecular complexity index is 1590. The van der Waals surface area contributed by atoms with E-state index in [1.807, 2.05) is 60.8 Å². The van der Waals surface area contributed by atoms with Crippen molar-refractivity contribution in [3.8, 4) is 0 Å². The molecule has 4 aromatic rings. The van der Waals surface area contributed by atoms with Crippen LogP contribution >= 0.6 is 27.3 Å². The molecule has 0 unspecified atom stereocenters. The van der Waals surface area contributed by atoms with Crippen molar-refractivity contribution in [1.82, 2.24) is 9.55 Å². The molecular formula is C25H20BrN3O3S. The van der Waals surface area contributed by atoms with Gasteiger partial charge in [0.25, 0.3) is 5.56 Å². The summed E-state index contributed by atoms with van der Waals surface area (Å²) >= 11 is 4.78. The number of fused-ring (bicyclic) bond motifs is 2. The van der Waals surface area contributed by atoms with Crippen molar-refractivity contribution in [2.45, 2.75) is 19.9 Å². The number of halogens is 1. The van der Waals surface area contributed by atoms with Gasteiger partial charge in [-0.15, -0.1) is 0 Å². The van der Waals surface area contributed by atoms with Crippen molar-refractivity contribution < 1.29 is 9.53 Å². The van der Waals surface area contributed by atoms with Crippen LogP contribution in [0.25, 0.3) is 17.0 Å². The van der Waals surface area contributed by atoms with Crippen LogP contribution in [0, 0.1) is 0 Å². The van der Waals surface area contributed by atoms with Gasteiger partial charge in [-0.05, 0) is 43.7 Å². The van der Waals surface area contributed by atoms with Crippen molar-refractivity contribution in [3.05, 3.63) is 101 Å². The number of nitrogens with one attached hydrogen (secondary N) is 1. The van der Waals surface area contributed by atoms with Crippen LogP contribution in [0.5, 0.6) is 0 Å². The van der Waals surface area contributed by atoms with Gasteiger partial charge in [-0.2, -0.15) is 0 Å². The number of nitrogens with zero attached hydrogens (tertiary/aromatic N) is 2. The molecular weight excluding hydrogens is 502 g/mol. The molecule has 8 heteroatoms. The van der Waals surface area contributed by atoms with Gasteiger partial charge in [0.15, 0.2) is 4.80 Å². The average molecular weight is 522 g/mol. The zero-order valence-corrected chi connectivity index (χ0v) is 20.4. The fourth-order valence-corrected chi connectivity index (χ4v) is 5.41. The van der Waals surface area contributed by atoms with Crippen LogP contribution in [0.4, 0.5) is 0 Å². The highest BCUT2D eigenvalue weighted by Crippen LogP contribution is 2.31. The van der Waals surface area contributed by atoms with Crippen LogP contribution in [-0.4, -0.2) is 22.1 Å². The van der Waals surface area contributed by atoms with Crippen LogP contribution in [0.3, 0.4) is 0 Å². The Morgan fingerprint density at radius 1 is 1.24 bits per heavy atom. The predicted molar refractivity (Wildman–Crippen MR) is 133 cm³/mol. The number of aromatic amines is 1. The number of H-pyrrole nitrogens is 1. The highest BCUT2D eigenvalue weighted by atomic mass is 79.9. The SMILES string of the molecule is CCOC(=O)C1=C(C)N=c2s/c(=C\c3c[nH]c4ccccc34)c(=O)n2[C@H]1c1ccc(Br)cc1. The molecule has 0 saturated heterocycles. The summed E-state index contributed by atoms with van der Waals surface area (Å²) in [6.07, 6.45) is 3.77. The van der Waals surface area contributed by atoms with Crippen molar-refractivity contribution in [2.24, 2.45) is 4.99 Å². The van der Waals surface area contributed by atoms with E-state index in [-0.39, 0.29) is 12.2 Å². The summed E-state index contributed by atoms with van der Waals surface area (Å²) in [6, 6.07) is 14.9. The van der Waals surface area contributed by atoms with Gasteiger partial charge in [-0.3, -0.25) is 9.36 Å². The van der Waals surface area contributed by atoms with Gasteiger partial charge >= 0.3 is 5.97 Å². The fraction of sp³-hybridized carbons (Fsp3) is 0.160. The lowest BCUT2D eigenvalue weighted by Gasteiger charge is -2.24. The van der Waals surface area contributed by atoms with Crippen LogP contribution in [0.15, 0.2) is 80.3 Å². The van der Waals surface area contributed by atoms with Crippen molar-refractivity contribution in [2.75, 3.05) is 6.61 Å². The standard InChI is InChI=1S/C25H20BrN3O3S/c1-3-32-24(31)21-14(2)28-25-29(22(21)15-8-10-17(26)11-9-15)23(30)20(33-25)12-16-13-27-19-7-5-4-6-18(16)19/h4-13,22,27H,3H2,1-2H3/b20-12-/t22-/m0/s1. The van der Waals surface area contributed by atoms with Gasteiger partial charge in [-0.25, -0.2) is 9.79 Å². The number of esters is 1. The summed E-state index contributed by atoms with van der Waals surface area (Å²) in [4.78, 5) is 35.0. The van der Waals surface area contributed by atoms with Crippen molar-refractivity contribution in [1.29, 1.82) is 0 Å². The first-order chi connectivity index (χ1) is 16.0. The third-order valence-corrected chi connectivity index (χ3v) is 7.12. The molecule has 6 nitrogen and oxygen atoms in total. The molecule has 166 valence electrons. The smallest absolute Gasteiger partial charge is 0.338 e. The predicted octanol–water partition coefficient (Wildman–Crippen LogP) is 4.04. The molecule has 0 fully saturated rings. The summed E-state index contributed by atoms with van der Waals surface area (Å²) in [5.41, 5.74) is 3.50. The second kappa shape index (κ2) is 8.61. The Labute approximate surface area is 201 Å². The molecule has 1 aliphatic heterocycles. The van der Waals surface area contributed by atoms with Gasteiger partial charge in [0.05, 0.1) is 28.5 Å². The summed E-state index contributed by atoms with van der Waals surface area (Å²) in [5, 5.41) is 1.04. The normalized spacial score (nSPS) is 16.1. The van der Waals surface area contributed by atoms with E-state index in [0.717, 1.165) is 26.5 Å². The number of aromatic nitrogens is 2. The van der Waals surface area contributed by atoms with Crippen LogP contribution in [0.1, 0.15) is 31.0 Å². The number of rotatable bonds is 4. The lowest BCUT2D eigenvalue weighted by Crippen LogP contribution is -2.39. The van der Waals surface area contributed by atoms with Gasteiger partial charge in [-0.1, -0.05) is 57.6 Å². The molecule has 1 atom stereocenters. The molecule has 0 aliphatic carbocycles. The fourth-order valence-electron chi connectivity index (χ4n) is 4.11. The second-order valence-corrected chi connectivity index (χ2v) is 9.57. The zero-order chi connectivity index (χ0) is 23.1. The minimum absolute atomic E-state index is 0.189. The Hall–Kier alpha value is -3.23. The number of hydrogen-bond donors (Lipinski definition) is 1. The largest absolute Gasteiger partial charge is 0.463 e.